The van der Waals surface area contributed by atoms with Crippen molar-refractivity contribution in [3.05, 3.63) is 53.1 Å². The number of piperidine rings is 1. The number of carbonyl (C=O) groups excluding carboxylic acids is 2. The Morgan fingerprint density at radius 2 is 1.83 bits per heavy atom. The van der Waals surface area contributed by atoms with Crippen LogP contribution in [0.25, 0.3) is 5.69 Å². The molecule has 162 valence electrons. The summed E-state index contributed by atoms with van der Waals surface area (Å²) in [6, 6.07) is 7.78. The number of ketones is 1. The highest BCUT2D eigenvalue weighted by Crippen LogP contribution is 2.23. The van der Waals surface area contributed by atoms with E-state index in [1.165, 1.54) is 16.4 Å². The molecule has 0 unspecified atom stereocenters. The molecule has 1 fully saturated rings. The average Bonchev–Trinajstić information content (AvgIpc) is 2.99. The predicted octanol–water partition coefficient (Wildman–Crippen LogP) is 2.63. The Hall–Kier alpha value is -2.52. The minimum Gasteiger partial charge on any atom is -0.457 e. The maximum Gasteiger partial charge on any atom is 0.309 e. The largest absolute Gasteiger partial charge is 0.457 e. The SMILES string of the molecule is Cc1cc(C(=O)COC(=O)C2CCN(S(C)(=O)=O)CC2)c(C)n1-c1cccc(F)c1. The minimum absolute atomic E-state index is 0.265. The number of aromatic nitrogens is 1. The Morgan fingerprint density at radius 3 is 2.43 bits per heavy atom. The van der Waals surface area contributed by atoms with Gasteiger partial charge in [0.2, 0.25) is 15.8 Å². The highest BCUT2D eigenvalue weighted by Gasteiger charge is 2.30. The first-order valence-electron chi connectivity index (χ1n) is 9.67. The second-order valence-corrected chi connectivity index (χ2v) is 9.55. The molecule has 0 spiro atoms. The molecule has 7 nitrogen and oxygen atoms in total. The summed E-state index contributed by atoms with van der Waals surface area (Å²) >= 11 is 0. The number of hydrogen-bond donors (Lipinski definition) is 0. The van der Waals surface area contributed by atoms with E-state index in [0.29, 0.717) is 29.8 Å². The third-order valence-corrected chi connectivity index (χ3v) is 6.70. The van der Waals surface area contributed by atoms with Gasteiger partial charge >= 0.3 is 5.97 Å². The molecule has 1 aromatic heterocycles. The van der Waals surface area contributed by atoms with Crippen molar-refractivity contribution in [3.8, 4) is 5.69 Å². The summed E-state index contributed by atoms with van der Waals surface area (Å²) in [5.74, 6) is -1.62. The number of sulfonamides is 1. The van der Waals surface area contributed by atoms with Crippen LogP contribution in [-0.2, 0) is 19.6 Å². The molecular weight excluding hydrogens is 411 g/mol. The van der Waals surface area contributed by atoms with Crippen LogP contribution in [0.15, 0.2) is 30.3 Å². The molecule has 1 aromatic carbocycles. The molecule has 3 rings (SSSR count). The van der Waals surface area contributed by atoms with Gasteiger partial charge in [-0.25, -0.2) is 17.1 Å². The molecule has 0 N–H and O–H groups in total. The molecule has 0 aliphatic carbocycles. The number of ether oxygens (including phenoxy) is 1. The van der Waals surface area contributed by atoms with Gasteiger partial charge in [-0.2, -0.15) is 0 Å². The molecule has 2 aromatic rings. The highest BCUT2D eigenvalue weighted by molar-refractivity contribution is 7.88. The lowest BCUT2D eigenvalue weighted by Gasteiger charge is -2.28. The zero-order valence-electron chi connectivity index (χ0n) is 17.2. The van der Waals surface area contributed by atoms with E-state index in [1.54, 1.807) is 29.7 Å². The molecule has 2 heterocycles. The number of rotatable bonds is 6. The first kappa shape index (κ1) is 22.2. The number of Topliss-reactive ketones (excluding diaryl/α,β-unsaturated/α-hetero) is 1. The molecule has 1 aliphatic heterocycles. The second-order valence-electron chi connectivity index (χ2n) is 7.57. The van der Waals surface area contributed by atoms with Crippen LogP contribution in [-0.4, -0.2) is 55.0 Å². The second kappa shape index (κ2) is 8.69. The Labute approximate surface area is 175 Å². The summed E-state index contributed by atoms with van der Waals surface area (Å²) in [6.45, 7) is 3.71. The van der Waals surface area contributed by atoms with Crippen molar-refractivity contribution in [2.24, 2.45) is 5.92 Å². The van der Waals surface area contributed by atoms with Crippen molar-refractivity contribution in [2.75, 3.05) is 26.0 Å². The first-order valence-corrected chi connectivity index (χ1v) is 11.5. The molecular formula is C21H25FN2O5S. The number of hydrogen-bond acceptors (Lipinski definition) is 5. The van der Waals surface area contributed by atoms with Crippen LogP contribution < -0.4 is 0 Å². The maximum absolute atomic E-state index is 13.6. The van der Waals surface area contributed by atoms with Crippen LogP contribution in [0.4, 0.5) is 4.39 Å². The van der Waals surface area contributed by atoms with Crippen LogP contribution in [0.2, 0.25) is 0 Å². The summed E-state index contributed by atoms with van der Waals surface area (Å²) < 4.78 is 45.0. The third kappa shape index (κ3) is 4.79. The lowest BCUT2D eigenvalue weighted by molar-refractivity contribution is -0.148. The van der Waals surface area contributed by atoms with E-state index < -0.39 is 28.5 Å². The predicted molar refractivity (Wildman–Crippen MR) is 110 cm³/mol. The fourth-order valence-corrected chi connectivity index (χ4v) is 4.69. The zero-order valence-corrected chi connectivity index (χ0v) is 18.0. The Bertz CT molecular complexity index is 1070. The van der Waals surface area contributed by atoms with E-state index in [0.717, 1.165) is 11.9 Å². The fraction of sp³-hybridized carbons (Fsp3) is 0.429. The van der Waals surface area contributed by atoms with Crippen LogP contribution in [0, 0.1) is 25.6 Å². The minimum atomic E-state index is -3.27. The normalized spacial score (nSPS) is 15.9. The summed E-state index contributed by atoms with van der Waals surface area (Å²) in [6.07, 6.45) is 1.88. The smallest absolute Gasteiger partial charge is 0.309 e. The fourth-order valence-electron chi connectivity index (χ4n) is 3.81. The van der Waals surface area contributed by atoms with Gasteiger partial charge in [-0.15, -0.1) is 0 Å². The molecule has 0 atom stereocenters. The molecule has 9 heteroatoms. The number of nitrogens with zero attached hydrogens (tertiary/aromatic N) is 2. The van der Waals surface area contributed by atoms with Crippen LogP contribution in [0.3, 0.4) is 0 Å². The topological polar surface area (TPSA) is 85.7 Å². The van der Waals surface area contributed by atoms with E-state index in [2.05, 4.69) is 0 Å². The highest BCUT2D eigenvalue weighted by atomic mass is 32.2. The van der Waals surface area contributed by atoms with Gasteiger partial charge in [0.25, 0.3) is 0 Å². The first-order chi connectivity index (χ1) is 14.1. The van der Waals surface area contributed by atoms with Crippen molar-refractivity contribution < 1.29 is 27.1 Å². The van der Waals surface area contributed by atoms with Gasteiger partial charge in [0, 0.05) is 35.7 Å². The van der Waals surface area contributed by atoms with E-state index in [4.69, 9.17) is 4.74 Å². The lowest BCUT2D eigenvalue weighted by atomic mass is 9.98. The monoisotopic (exact) mass is 436 g/mol. The van der Waals surface area contributed by atoms with Crippen molar-refractivity contribution in [1.29, 1.82) is 0 Å². The van der Waals surface area contributed by atoms with Gasteiger partial charge in [-0.05, 0) is 51.0 Å². The van der Waals surface area contributed by atoms with Gasteiger partial charge < -0.3 is 9.30 Å². The van der Waals surface area contributed by atoms with Gasteiger partial charge in [0.05, 0.1) is 12.2 Å². The number of esters is 1. The maximum atomic E-state index is 13.6. The van der Waals surface area contributed by atoms with Gasteiger partial charge in [-0.3, -0.25) is 9.59 Å². The standard InChI is InChI=1S/C21H25FN2O5S/c1-14-11-19(15(2)24(14)18-6-4-5-17(22)12-18)20(25)13-29-21(26)16-7-9-23(10-8-16)30(3,27)28/h4-6,11-12,16H,7-10,13H2,1-3H3. The quantitative estimate of drug-likeness (QED) is 0.513. The van der Waals surface area contributed by atoms with Gasteiger partial charge in [0.15, 0.2) is 6.61 Å². The number of halogens is 1. The summed E-state index contributed by atoms with van der Waals surface area (Å²) in [5.41, 5.74) is 2.43. The zero-order chi connectivity index (χ0) is 22.1. The Balaban J connectivity index is 1.63. The average molecular weight is 437 g/mol. The molecule has 1 saturated heterocycles. The van der Waals surface area contributed by atoms with Gasteiger partial charge in [0.1, 0.15) is 5.82 Å². The van der Waals surface area contributed by atoms with Crippen LogP contribution in [0.5, 0.6) is 0 Å². The lowest BCUT2D eigenvalue weighted by Crippen LogP contribution is -2.40. The van der Waals surface area contributed by atoms with E-state index in [1.807, 2.05) is 6.92 Å². The molecule has 30 heavy (non-hydrogen) atoms. The van der Waals surface area contributed by atoms with Crippen LogP contribution >= 0.6 is 0 Å². The van der Waals surface area contributed by atoms with E-state index >= 15 is 0 Å². The molecule has 0 radical (unpaired) electrons. The molecule has 0 bridgehead atoms. The summed E-state index contributed by atoms with van der Waals surface area (Å²) in [5, 5.41) is 0. The van der Waals surface area contributed by atoms with Crippen molar-refractivity contribution in [3.63, 3.8) is 0 Å². The Kier molecular flexibility index (Phi) is 6.42. The molecule has 1 aliphatic rings. The van der Waals surface area contributed by atoms with Crippen molar-refractivity contribution in [2.45, 2.75) is 26.7 Å². The summed E-state index contributed by atoms with van der Waals surface area (Å²) in [7, 11) is -3.27. The van der Waals surface area contributed by atoms with Crippen LogP contribution in [0.1, 0.15) is 34.6 Å². The third-order valence-electron chi connectivity index (χ3n) is 5.40. The van der Waals surface area contributed by atoms with E-state index in [-0.39, 0.29) is 24.7 Å². The number of benzene rings is 1. The number of carbonyl (C=O) groups is 2. The van der Waals surface area contributed by atoms with Crippen molar-refractivity contribution in [1.82, 2.24) is 8.87 Å². The Morgan fingerprint density at radius 1 is 1.17 bits per heavy atom. The van der Waals surface area contributed by atoms with E-state index in [9.17, 15) is 22.4 Å². The summed E-state index contributed by atoms with van der Waals surface area (Å²) in [4.78, 5) is 25.0. The van der Waals surface area contributed by atoms with Crippen molar-refractivity contribution >= 4 is 21.8 Å². The number of aryl methyl sites for hydroxylation is 1. The van der Waals surface area contributed by atoms with Gasteiger partial charge in [-0.1, -0.05) is 6.07 Å². The molecule has 0 saturated carbocycles. The molecule has 0 amide bonds.